The van der Waals surface area contributed by atoms with E-state index in [9.17, 15) is 14.4 Å². The van der Waals surface area contributed by atoms with Gasteiger partial charge in [-0.25, -0.2) is 4.79 Å². The van der Waals surface area contributed by atoms with E-state index in [1.54, 1.807) is 0 Å². The van der Waals surface area contributed by atoms with E-state index in [1.807, 2.05) is 0 Å². The van der Waals surface area contributed by atoms with Crippen LogP contribution in [0.5, 0.6) is 0 Å². The fourth-order valence-corrected chi connectivity index (χ4v) is 5.23. The van der Waals surface area contributed by atoms with Crippen LogP contribution in [-0.2, 0) is 14.3 Å². The number of imide groups is 1. The molecular formula is C16H24N2O4. The molecule has 3 amide bonds. The van der Waals surface area contributed by atoms with Crippen molar-refractivity contribution in [1.82, 2.24) is 10.6 Å². The fourth-order valence-electron chi connectivity index (χ4n) is 5.23. The minimum absolute atomic E-state index is 0.114. The van der Waals surface area contributed by atoms with Crippen molar-refractivity contribution in [3.05, 3.63) is 0 Å². The molecule has 4 aliphatic carbocycles. The fraction of sp³-hybridized carbons (Fsp3) is 0.812. The highest BCUT2D eigenvalue weighted by molar-refractivity contribution is 5.95. The molecule has 0 heterocycles. The van der Waals surface area contributed by atoms with Crippen LogP contribution >= 0.6 is 0 Å². The summed E-state index contributed by atoms with van der Waals surface area (Å²) < 4.78 is 5.06. The van der Waals surface area contributed by atoms with Crippen LogP contribution in [0, 0.1) is 23.2 Å². The Labute approximate surface area is 130 Å². The lowest BCUT2D eigenvalue weighted by molar-refractivity contribution is -0.155. The Bertz CT molecular complexity index is 453. The Morgan fingerprint density at radius 1 is 1.05 bits per heavy atom. The number of hydrogen-bond donors (Lipinski definition) is 2. The summed E-state index contributed by atoms with van der Waals surface area (Å²) in [6, 6.07) is -0.595. The molecule has 0 aliphatic heterocycles. The van der Waals surface area contributed by atoms with Crippen LogP contribution in [0.2, 0.25) is 0 Å². The Morgan fingerprint density at radius 3 is 2.09 bits per heavy atom. The van der Waals surface area contributed by atoms with E-state index in [-0.39, 0.29) is 11.4 Å². The second-order valence-electron chi connectivity index (χ2n) is 7.38. The molecule has 2 N–H and O–H groups in total. The molecular weight excluding hydrogens is 284 g/mol. The minimum Gasteiger partial charge on any atom is -0.456 e. The smallest absolute Gasteiger partial charge is 0.321 e. The molecule has 6 heteroatoms. The normalized spacial score (nSPS) is 35.0. The summed E-state index contributed by atoms with van der Waals surface area (Å²) in [7, 11) is 1.42. The van der Waals surface area contributed by atoms with E-state index >= 15 is 0 Å². The third kappa shape index (κ3) is 3.25. The van der Waals surface area contributed by atoms with Gasteiger partial charge in [0.1, 0.15) is 0 Å². The number of hydrogen-bond acceptors (Lipinski definition) is 4. The lowest BCUT2D eigenvalue weighted by Gasteiger charge is -2.56. The number of nitrogens with one attached hydrogen (secondary N) is 2. The number of amides is 3. The van der Waals surface area contributed by atoms with Gasteiger partial charge in [-0.15, -0.1) is 0 Å². The Kier molecular flexibility index (Phi) is 4.10. The van der Waals surface area contributed by atoms with Crippen LogP contribution in [-0.4, -0.2) is 31.6 Å². The largest absolute Gasteiger partial charge is 0.456 e. The Morgan fingerprint density at radius 2 is 1.59 bits per heavy atom. The molecule has 4 fully saturated rings. The highest BCUT2D eigenvalue weighted by Gasteiger charge is 2.51. The second-order valence-corrected chi connectivity index (χ2v) is 7.38. The molecule has 122 valence electrons. The summed E-state index contributed by atoms with van der Waals surface area (Å²) in [5.74, 6) is 1.45. The Balaban J connectivity index is 1.48. The van der Waals surface area contributed by atoms with Crippen LogP contribution in [0.3, 0.4) is 0 Å². The van der Waals surface area contributed by atoms with Gasteiger partial charge in [0, 0.05) is 7.05 Å². The molecule has 0 aromatic heterocycles. The van der Waals surface area contributed by atoms with Gasteiger partial charge >= 0.3 is 12.0 Å². The molecule has 0 aromatic carbocycles. The van der Waals surface area contributed by atoms with Crippen molar-refractivity contribution in [3.63, 3.8) is 0 Å². The number of rotatable bonds is 4. The highest BCUT2D eigenvalue weighted by Crippen LogP contribution is 2.61. The average Bonchev–Trinajstić information content (AvgIpc) is 2.43. The summed E-state index contributed by atoms with van der Waals surface area (Å²) in [6.07, 6.45) is 7.84. The van der Waals surface area contributed by atoms with Crippen molar-refractivity contribution in [2.75, 3.05) is 13.7 Å². The molecule has 4 saturated carbocycles. The Hall–Kier alpha value is -1.59. The third-order valence-electron chi connectivity index (χ3n) is 5.53. The molecule has 0 aromatic rings. The summed E-state index contributed by atoms with van der Waals surface area (Å²) in [5, 5.41) is 4.35. The van der Waals surface area contributed by atoms with Crippen molar-refractivity contribution < 1.29 is 19.1 Å². The molecule has 4 bridgehead atoms. The summed E-state index contributed by atoms with van der Waals surface area (Å²) in [5.41, 5.74) is 0.114. The number of esters is 1. The molecule has 4 rings (SSSR count). The van der Waals surface area contributed by atoms with Gasteiger partial charge in [-0.2, -0.15) is 0 Å². The highest BCUT2D eigenvalue weighted by atomic mass is 16.5. The van der Waals surface area contributed by atoms with Crippen molar-refractivity contribution in [3.8, 4) is 0 Å². The first-order chi connectivity index (χ1) is 10.5. The predicted molar refractivity (Wildman–Crippen MR) is 78.8 cm³/mol. The van der Waals surface area contributed by atoms with E-state index in [4.69, 9.17) is 4.74 Å². The minimum atomic E-state index is -0.599. The van der Waals surface area contributed by atoms with Crippen LogP contribution in [0.4, 0.5) is 4.79 Å². The van der Waals surface area contributed by atoms with E-state index in [1.165, 1.54) is 26.3 Å². The quantitative estimate of drug-likeness (QED) is 0.772. The van der Waals surface area contributed by atoms with Gasteiger partial charge in [0.25, 0.3) is 5.91 Å². The van der Waals surface area contributed by atoms with Gasteiger partial charge < -0.3 is 10.1 Å². The molecule has 0 atom stereocenters. The standard InChI is InChI=1S/C16H24N2O4/c1-17-15(21)18-13(19)9-22-14(20)8-16-5-10-2-11(6-16)4-12(3-10)7-16/h10-12H,2-9H2,1H3,(H2,17,18,19,21). The lowest BCUT2D eigenvalue weighted by atomic mass is 9.49. The zero-order valence-corrected chi connectivity index (χ0v) is 13.0. The van der Waals surface area contributed by atoms with Crippen molar-refractivity contribution in [2.45, 2.75) is 44.9 Å². The average molecular weight is 308 g/mol. The van der Waals surface area contributed by atoms with Crippen molar-refractivity contribution in [1.29, 1.82) is 0 Å². The number of ether oxygens (including phenoxy) is 1. The number of carbonyl (C=O) groups excluding carboxylic acids is 3. The topological polar surface area (TPSA) is 84.5 Å². The van der Waals surface area contributed by atoms with Gasteiger partial charge in [0.2, 0.25) is 0 Å². The molecule has 0 unspecified atom stereocenters. The molecule has 0 saturated heterocycles. The molecule has 22 heavy (non-hydrogen) atoms. The molecule has 4 aliphatic rings. The van der Waals surface area contributed by atoms with E-state index in [0.717, 1.165) is 37.0 Å². The van der Waals surface area contributed by atoms with Gasteiger partial charge in [-0.3, -0.25) is 14.9 Å². The van der Waals surface area contributed by atoms with Crippen LogP contribution in [0.25, 0.3) is 0 Å². The van der Waals surface area contributed by atoms with Crippen molar-refractivity contribution >= 4 is 17.9 Å². The maximum atomic E-state index is 12.1. The van der Waals surface area contributed by atoms with Gasteiger partial charge in [-0.05, 0) is 61.7 Å². The predicted octanol–water partition coefficient (Wildman–Crippen LogP) is 1.59. The maximum Gasteiger partial charge on any atom is 0.321 e. The summed E-state index contributed by atoms with van der Waals surface area (Å²) in [6.45, 7) is -0.390. The second kappa shape index (κ2) is 5.89. The van der Waals surface area contributed by atoms with Crippen molar-refractivity contribution in [2.24, 2.45) is 23.2 Å². The van der Waals surface area contributed by atoms with Crippen LogP contribution < -0.4 is 10.6 Å². The number of urea groups is 1. The van der Waals surface area contributed by atoms with Crippen LogP contribution in [0.1, 0.15) is 44.9 Å². The SMILES string of the molecule is CNC(=O)NC(=O)COC(=O)CC12CC3CC(CC(C3)C1)C2. The molecule has 6 nitrogen and oxygen atoms in total. The van der Waals surface area contributed by atoms with E-state index in [2.05, 4.69) is 10.6 Å². The first-order valence-electron chi connectivity index (χ1n) is 8.15. The zero-order chi connectivity index (χ0) is 15.7. The summed E-state index contributed by atoms with van der Waals surface area (Å²) in [4.78, 5) is 34.5. The van der Waals surface area contributed by atoms with E-state index in [0.29, 0.717) is 6.42 Å². The molecule has 0 radical (unpaired) electrons. The lowest BCUT2D eigenvalue weighted by Crippen LogP contribution is -2.47. The maximum absolute atomic E-state index is 12.1. The molecule has 0 spiro atoms. The summed E-state index contributed by atoms with van der Waals surface area (Å²) >= 11 is 0. The monoisotopic (exact) mass is 308 g/mol. The van der Waals surface area contributed by atoms with E-state index < -0.39 is 18.5 Å². The third-order valence-corrected chi connectivity index (χ3v) is 5.53. The first kappa shape index (κ1) is 15.3. The van der Waals surface area contributed by atoms with Gasteiger partial charge in [0.05, 0.1) is 6.42 Å². The zero-order valence-electron chi connectivity index (χ0n) is 13.0. The number of carbonyl (C=O) groups is 3. The van der Waals surface area contributed by atoms with Crippen LogP contribution in [0.15, 0.2) is 0 Å². The van der Waals surface area contributed by atoms with Gasteiger partial charge in [-0.1, -0.05) is 0 Å². The van der Waals surface area contributed by atoms with Gasteiger partial charge in [0.15, 0.2) is 6.61 Å². The first-order valence-corrected chi connectivity index (χ1v) is 8.15.